The molecular formula is C12H19F3O3. The van der Waals surface area contributed by atoms with E-state index in [4.69, 9.17) is 10.2 Å². The standard InChI is InChI=1S/C12H19F3O3/c13-12(14,15)10(16)7-9-3-1-8(2-4-9)5-6-11(17)18/h8-10,16H,1-7H2,(H,17,18). The number of hydrogen-bond donors (Lipinski definition) is 2. The van der Waals surface area contributed by atoms with Crippen LogP contribution in [0, 0.1) is 11.8 Å². The average molecular weight is 268 g/mol. The van der Waals surface area contributed by atoms with Gasteiger partial charge in [-0.15, -0.1) is 0 Å². The first-order valence-corrected chi connectivity index (χ1v) is 6.25. The van der Waals surface area contributed by atoms with Gasteiger partial charge in [0, 0.05) is 6.42 Å². The molecule has 1 fully saturated rings. The van der Waals surface area contributed by atoms with Crippen molar-refractivity contribution in [2.24, 2.45) is 11.8 Å². The highest BCUT2D eigenvalue weighted by atomic mass is 19.4. The van der Waals surface area contributed by atoms with E-state index in [2.05, 4.69) is 0 Å². The van der Waals surface area contributed by atoms with Gasteiger partial charge in [-0.2, -0.15) is 13.2 Å². The quantitative estimate of drug-likeness (QED) is 0.806. The lowest BCUT2D eigenvalue weighted by Gasteiger charge is -2.29. The van der Waals surface area contributed by atoms with E-state index in [1.807, 2.05) is 0 Å². The predicted molar refractivity (Wildman–Crippen MR) is 59.0 cm³/mol. The number of carboxylic acid groups (broad SMARTS) is 1. The molecule has 1 unspecified atom stereocenters. The van der Waals surface area contributed by atoms with E-state index in [1.165, 1.54) is 0 Å². The number of aliphatic carboxylic acids is 1. The Bertz CT molecular complexity index is 270. The first kappa shape index (κ1) is 15.3. The minimum atomic E-state index is -4.53. The summed E-state index contributed by atoms with van der Waals surface area (Å²) in [6.07, 6.45) is -3.42. The van der Waals surface area contributed by atoms with Crippen molar-refractivity contribution in [1.82, 2.24) is 0 Å². The van der Waals surface area contributed by atoms with Crippen LogP contribution in [0.15, 0.2) is 0 Å². The predicted octanol–water partition coefficient (Wildman–Crippen LogP) is 2.97. The van der Waals surface area contributed by atoms with Crippen LogP contribution in [0.4, 0.5) is 13.2 Å². The molecule has 106 valence electrons. The van der Waals surface area contributed by atoms with E-state index in [0.717, 1.165) is 12.8 Å². The molecule has 0 saturated heterocycles. The summed E-state index contributed by atoms with van der Waals surface area (Å²) in [7, 11) is 0. The van der Waals surface area contributed by atoms with E-state index in [1.54, 1.807) is 0 Å². The van der Waals surface area contributed by atoms with Gasteiger partial charge in [0.1, 0.15) is 6.10 Å². The number of aliphatic hydroxyl groups excluding tert-OH is 1. The topological polar surface area (TPSA) is 57.5 Å². The summed E-state index contributed by atoms with van der Waals surface area (Å²) in [6, 6.07) is 0. The molecular weight excluding hydrogens is 249 g/mol. The molecule has 0 aromatic carbocycles. The van der Waals surface area contributed by atoms with Crippen molar-refractivity contribution in [3.63, 3.8) is 0 Å². The summed E-state index contributed by atoms with van der Waals surface area (Å²) in [6.45, 7) is 0. The number of hydrogen-bond acceptors (Lipinski definition) is 2. The van der Waals surface area contributed by atoms with Crippen LogP contribution in [0.1, 0.15) is 44.9 Å². The minimum Gasteiger partial charge on any atom is -0.481 e. The van der Waals surface area contributed by atoms with Gasteiger partial charge in [-0.05, 0) is 24.7 Å². The third-order valence-electron chi connectivity index (χ3n) is 3.67. The average Bonchev–Trinajstić information content (AvgIpc) is 2.26. The van der Waals surface area contributed by atoms with Gasteiger partial charge in [0.2, 0.25) is 0 Å². The molecule has 0 bridgehead atoms. The Labute approximate surface area is 104 Å². The van der Waals surface area contributed by atoms with E-state index in [-0.39, 0.29) is 18.8 Å². The third kappa shape index (κ3) is 5.25. The van der Waals surface area contributed by atoms with Crippen LogP contribution in [0.5, 0.6) is 0 Å². The molecule has 0 radical (unpaired) electrons. The SMILES string of the molecule is O=C(O)CCC1CCC(CC(O)C(F)(F)F)CC1. The second-order valence-corrected chi connectivity index (χ2v) is 5.11. The summed E-state index contributed by atoms with van der Waals surface area (Å²) >= 11 is 0. The molecule has 0 aromatic heterocycles. The van der Waals surface area contributed by atoms with Crippen molar-refractivity contribution >= 4 is 5.97 Å². The molecule has 1 rings (SSSR count). The Morgan fingerprint density at radius 1 is 1.17 bits per heavy atom. The maximum atomic E-state index is 12.2. The van der Waals surface area contributed by atoms with E-state index in [9.17, 15) is 18.0 Å². The maximum Gasteiger partial charge on any atom is 0.414 e. The highest BCUT2D eigenvalue weighted by Gasteiger charge is 2.39. The molecule has 1 atom stereocenters. The lowest BCUT2D eigenvalue weighted by Crippen LogP contribution is -2.31. The van der Waals surface area contributed by atoms with Gasteiger partial charge >= 0.3 is 12.1 Å². The van der Waals surface area contributed by atoms with Crippen LogP contribution in [0.3, 0.4) is 0 Å². The Morgan fingerprint density at radius 2 is 1.67 bits per heavy atom. The second-order valence-electron chi connectivity index (χ2n) is 5.11. The zero-order valence-electron chi connectivity index (χ0n) is 10.1. The Morgan fingerprint density at radius 3 is 2.11 bits per heavy atom. The fourth-order valence-electron chi connectivity index (χ4n) is 2.53. The van der Waals surface area contributed by atoms with Crippen molar-refractivity contribution in [3.05, 3.63) is 0 Å². The van der Waals surface area contributed by atoms with E-state index >= 15 is 0 Å². The van der Waals surface area contributed by atoms with Gasteiger partial charge in [0.05, 0.1) is 0 Å². The van der Waals surface area contributed by atoms with Crippen molar-refractivity contribution in [3.8, 4) is 0 Å². The number of carboxylic acids is 1. The highest BCUT2D eigenvalue weighted by Crippen LogP contribution is 2.36. The molecule has 0 heterocycles. The van der Waals surface area contributed by atoms with Gasteiger partial charge in [-0.3, -0.25) is 4.79 Å². The monoisotopic (exact) mass is 268 g/mol. The maximum absolute atomic E-state index is 12.2. The summed E-state index contributed by atoms with van der Waals surface area (Å²) in [5, 5.41) is 17.5. The van der Waals surface area contributed by atoms with Crippen molar-refractivity contribution in [1.29, 1.82) is 0 Å². The number of carbonyl (C=O) groups is 1. The molecule has 0 aromatic rings. The molecule has 2 N–H and O–H groups in total. The zero-order chi connectivity index (χ0) is 13.8. The largest absolute Gasteiger partial charge is 0.481 e. The van der Waals surface area contributed by atoms with Crippen molar-refractivity contribution in [2.75, 3.05) is 0 Å². The normalized spacial score (nSPS) is 26.9. The number of rotatable bonds is 5. The zero-order valence-corrected chi connectivity index (χ0v) is 10.1. The number of alkyl halides is 3. The lowest BCUT2D eigenvalue weighted by atomic mass is 9.78. The van der Waals surface area contributed by atoms with Crippen LogP contribution >= 0.6 is 0 Å². The molecule has 1 aliphatic rings. The van der Waals surface area contributed by atoms with Crippen LogP contribution in [0.25, 0.3) is 0 Å². The molecule has 18 heavy (non-hydrogen) atoms. The molecule has 6 heteroatoms. The summed E-state index contributed by atoms with van der Waals surface area (Å²) < 4.78 is 36.5. The Kier molecular flexibility index (Phi) is 5.44. The Hall–Kier alpha value is -0.780. The van der Waals surface area contributed by atoms with Crippen LogP contribution < -0.4 is 0 Å². The van der Waals surface area contributed by atoms with E-state index in [0.29, 0.717) is 25.2 Å². The molecule has 1 saturated carbocycles. The van der Waals surface area contributed by atoms with Crippen molar-refractivity contribution < 1.29 is 28.2 Å². The van der Waals surface area contributed by atoms with Gasteiger partial charge in [0.15, 0.2) is 0 Å². The van der Waals surface area contributed by atoms with Crippen LogP contribution in [0.2, 0.25) is 0 Å². The third-order valence-corrected chi connectivity index (χ3v) is 3.67. The first-order chi connectivity index (χ1) is 8.29. The summed E-state index contributed by atoms with van der Waals surface area (Å²) in [5.74, 6) is -0.618. The highest BCUT2D eigenvalue weighted by molar-refractivity contribution is 5.66. The fourth-order valence-corrected chi connectivity index (χ4v) is 2.53. The molecule has 0 spiro atoms. The number of aliphatic hydroxyl groups is 1. The van der Waals surface area contributed by atoms with Crippen molar-refractivity contribution in [2.45, 2.75) is 57.2 Å². The van der Waals surface area contributed by atoms with Gasteiger partial charge in [-0.1, -0.05) is 25.7 Å². The fraction of sp³-hybridized carbons (Fsp3) is 0.917. The second kappa shape index (κ2) is 6.41. The molecule has 0 amide bonds. The van der Waals surface area contributed by atoms with Gasteiger partial charge < -0.3 is 10.2 Å². The molecule has 0 aliphatic heterocycles. The lowest BCUT2D eigenvalue weighted by molar-refractivity contribution is -0.209. The first-order valence-electron chi connectivity index (χ1n) is 6.25. The van der Waals surface area contributed by atoms with Gasteiger partial charge in [0.25, 0.3) is 0 Å². The number of halogens is 3. The Balaban J connectivity index is 2.25. The van der Waals surface area contributed by atoms with Crippen LogP contribution in [-0.2, 0) is 4.79 Å². The molecule has 3 nitrogen and oxygen atoms in total. The summed E-state index contributed by atoms with van der Waals surface area (Å²) in [5.41, 5.74) is 0. The summed E-state index contributed by atoms with van der Waals surface area (Å²) in [4.78, 5) is 10.4. The smallest absolute Gasteiger partial charge is 0.414 e. The van der Waals surface area contributed by atoms with E-state index < -0.39 is 18.2 Å². The van der Waals surface area contributed by atoms with Crippen LogP contribution in [-0.4, -0.2) is 28.5 Å². The minimum absolute atomic E-state index is 0.0947. The molecule has 1 aliphatic carbocycles. The van der Waals surface area contributed by atoms with Gasteiger partial charge in [-0.25, -0.2) is 0 Å².